The smallest absolute Gasteiger partial charge is 0.0368 e. The summed E-state index contributed by atoms with van der Waals surface area (Å²) in [6.45, 7) is 0. The Kier molecular flexibility index (Phi) is 4.05. The fraction of sp³-hybridized carbons (Fsp3) is 0.500. The third kappa shape index (κ3) is 2.15. The summed E-state index contributed by atoms with van der Waals surface area (Å²) >= 11 is 12.6. The van der Waals surface area contributed by atoms with Crippen LogP contribution in [0.15, 0.2) is 29.4 Å². The first-order chi connectivity index (χ1) is 8.95. The van der Waals surface area contributed by atoms with E-state index in [0.717, 1.165) is 0 Å². The van der Waals surface area contributed by atoms with Crippen molar-refractivity contribution in [2.45, 2.75) is 29.4 Å². The van der Waals surface area contributed by atoms with E-state index < -0.39 is 0 Å². The first-order valence-corrected chi connectivity index (χ1v) is 11.9. The Hall–Kier alpha value is 1.32. The van der Waals surface area contributed by atoms with Crippen LogP contribution in [0, 0.1) is 0 Å². The first-order valence-electron chi connectivity index (χ1n) is 5.96. The van der Waals surface area contributed by atoms with E-state index in [1.807, 2.05) is 0 Å². The molecule has 0 N–H and O–H groups in total. The van der Waals surface area contributed by atoms with Gasteiger partial charge in [-0.1, -0.05) is 0 Å². The van der Waals surface area contributed by atoms with Crippen LogP contribution in [0.4, 0.5) is 0 Å². The van der Waals surface area contributed by atoms with E-state index in [1.54, 1.807) is 29.4 Å². The Balaban J connectivity index is 1.98. The molecule has 96 valence electrons. The summed E-state index contributed by atoms with van der Waals surface area (Å²) in [6.07, 6.45) is 0. The van der Waals surface area contributed by atoms with E-state index in [4.69, 9.17) is 0 Å². The molecule has 0 aliphatic carbocycles. The lowest BCUT2D eigenvalue weighted by molar-refractivity contribution is 0.863. The summed E-state index contributed by atoms with van der Waals surface area (Å²) in [7, 11) is 0. The van der Waals surface area contributed by atoms with E-state index >= 15 is 0 Å². The van der Waals surface area contributed by atoms with Gasteiger partial charge in [-0.05, 0) is 0 Å². The van der Waals surface area contributed by atoms with Gasteiger partial charge in [-0.3, -0.25) is 0 Å². The fourth-order valence-electron chi connectivity index (χ4n) is 2.27. The van der Waals surface area contributed by atoms with Crippen LogP contribution < -0.4 is 0 Å². The highest BCUT2D eigenvalue weighted by molar-refractivity contribution is 8.10. The number of fused-ring (bicyclic) bond motifs is 6. The molecule has 3 heterocycles. The van der Waals surface area contributed by atoms with E-state index in [-0.39, 0.29) is 0 Å². The Morgan fingerprint density at radius 3 is 0.667 bits per heavy atom. The first kappa shape index (κ1) is 13.0. The number of rotatable bonds is 0. The minimum absolute atomic E-state index is 1.28. The minimum Gasteiger partial charge on any atom is -0.123 e. The highest BCUT2D eigenvalue weighted by atomic mass is 32.2. The second kappa shape index (κ2) is 5.60. The molecule has 0 saturated carbocycles. The zero-order chi connectivity index (χ0) is 11.9. The largest absolute Gasteiger partial charge is 0.123 e. The Labute approximate surface area is 133 Å². The summed E-state index contributed by atoms with van der Waals surface area (Å²) in [5.74, 6) is 7.70. The molecule has 18 heavy (non-hydrogen) atoms. The van der Waals surface area contributed by atoms with Crippen LogP contribution in [0.2, 0.25) is 0 Å². The van der Waals surface area contributed by atoms with Crippen LogP contribution in [0.25, 0.3) is 0 Å². The lowest BCUT2D eigenvalue weighted by atomic mass is 10.3. The zero-order valence-corrected chi connectivity index (χ0v) is 14.6. The molecule has 0 amide bonds. The quantitative estimate of drug-likeness (QED) is 0.621. The van der Waals surface area contributed by atoms with Gasteiger partial charge in [0.1, 0.15) is 0 Å². The maximum absolute atomic E-state index is 2.10. The molecule has 0 aromatic heterocycles. The standard InChI is InChI=1S/C12H12S6/c1-2-14-8-7(13-1)9-11(17-4-3-15-9)12-10(8)16-5-6-18-12/h1-6H2. The van der Waals surface area contributed by atoms with Crippen molar-refractivity contribution in [3.8, 4) is 0 Å². The van der Waals surface area contributed by atoms with E-state index in [0.29, 0.717) is 0 Å². The molecule has 3 aliphatic rings. The van der Waals surface area contributed by atoms with Crippen molar-refractivity contribution in [3.63, 3.8) is 0 Å². The van der Waals surface area contributed by atoms with Gasteiger partial charge in [-0.25, -0.2) is 0 Å². The van der Waals surface area contributed by atoms with Crippen LogP contribution in [-0.2, 0) is 0 Å². The van der Waals surface area contributed by atoms with Gasteiger partial charge in [-0.15, -0.1) is 70.6 Å². The van der Waals surface area contributed by atoms with Crippen LogP contribution >= 0.6 is 70.6 Å². The molecule has 0 bridgehead atoms. The molecule has 0 nitrogen and oxygen atoms in total. The average Bonchev–Trinajstić information content (AvgIpc) is 2.48. The SMILES string of the molecule is C1CSc2c(c3c(c4c2SCCS4)SCCS3)S1. The number of hydrogen-bond donors (Lipinski definition) is 0. The molecule has 4 rings (SSSR count). The van der Waals surface area contributed by atoms with Crippen molar-refractivity contribution in [1.29, 1.82) is 0 Å². The summed E-state index contributed by atoms with van der Waals surface area (Å²) in [5, 5.41) is 0. The molecule has 1 aromatic carbocycles. The van der Waals surface area contributed by atoms with Crippen molar-refractivity contribution in [1.82, 2.24) is 0 Å². The second-order valence-electron chi connectivity index (χ2n) is 4.07. The molecule has 0 unspecified atom stereocenters. The predicted octanol–water partition coefficient (Wildman–Crippen LogP) is 5.28. The number of benzene rings is 1. The molecule has 3 aliphatic heterocycles. The van der Waals surface area contributed by atoms with Gasteiger partial charge in [0.25, 0.3) is 0 Å². The zero-order valence-electron chi connectivity index (χ0n) is 9.69. The van der Waals surface area contributed by atoms with Gasteiger partial charge in [-0.2, -0.15) is 0 Å². The van der Waals surface area contributed by atoms with Gasteiger partial charge in [0.05, 0.1) is 0 Å². The van der Waals surface area contributed by atoms with Crippen LogP contribution in [0.3, 0.4) is 0 Å². The van der Waals surface area contributed by atoms with Gasteiger partial charge in [0, 0.05) is 63.9 Å². The summed E-state index contributed by atoms with van der Waals surface area (Å²) < 4.78 is 0. The maximum atomic E-state index is 2.10. The Morgan fingerprint density at radius 1 is 0.333 bits per heavy atom. The summed E-state index contributed by atoms with van der Waals surface area (Å²) in [4.78, 5) is 9.71. The molecule has 0 spiro atoms. The molecular formula is C12H12S6. The Morgan fingerprint density at radius 2 is 0.500 bits per heavy atom. The predicted molar refractivity (Wildman–Crippen MR) is 90.8 cm³/mol. The second-order valence-corrected chi connectivity index (χ2v) is 10.7. The van der Waals surface area contributed by atoms with Gasteiger partial charge in [0.15, 0.2) is 0 Å². The van der Waals surface area contributed by atoms with E-state index in [9.17, 15) is 0 Å². The van der Waals surface area contributed by atoms with Crippen molar-refractivity contribution < 1.29 is 0 Å². The van der Waals surface area contributed by atoms with E-state index in [1.165, 1.54) is 34.5 Å². The van der Waals surface area contributed by atoms with Crippen molar-refractivity contribution >= 4 is 70.6 Å². The van der Waals surface area contributed by atoms with Gasteiger partial charge in [0.2, 0.25) is 0 Å². The van der Waals surface area contributed by atoms with Crippen LogP contribution in [0.5, 0.6) is 0 Å². The summed E-state index contributed by atoms with van der Waals surface area (Å²) in [6, 6.07) is 0. The van der Waals surface area contributed by atoms with Crippen molar-refractivity contribution in [3.05, 3.63) is 0 Å². The van der Waals surface area contributed by atoms with Crippen molar-refractivity contribution in [2.24, 2.45) is 0 Å². The maximum Gasteiger partial charge on any atom is 0.0368 e. The molecule has 1 aromatic rings. The molecule has 6 heteroatoms. The Bertz CT molecular complexity index is 362. The van der Waals surface area contributed by atoms with Gasteiger partial charge < -0.3 is 0 Å². The topological polar surface area (TPSA) is 0 Å². The van der Waals surface area contributed by atoms with Gasteiger partial charge >= 0.3 is 0 Å². The average molecular weight is 349 g/mol. The van der Waals surface area contributed by atoms with Crippen LogP contribution in [-0.4, -0.2) is 34.5 Å². The third-order valence-electron chi connectivity index (χ3n) is 2.97. The molecule has 0 radical (unpaired) electrons. The minimum atomic E-state index is 1.28. The highest BCUT2D eigenvalue weighted by Gasteiger charge is 2.30. The highest BCUT2D eigenvalue weighted by Crippen LogP contribution is 2.58. The number of thioether (sulfide) groups is 6. The monoisotopic (exact) mass is 348 g/mol. The van der Waals surface area contributed by atoms with Crippen LogP contribution in [0.1, 0.15) is 0 Å². The fourth-order valence-corrected chi connectivity index (χ4v) is 10.8. The molecule has 0 atom stereocenters. The summed E-state index contributed by atoms with van der Waals surface area (Å²) in [5.41, 5.74) is 0. The lowest BCUT2D eigenvalue weighted by Crippen LogP contribution is -2.08. The van der Waals surface area contributed by atoms with Crippen molar-refractivity contribution in [2.75, 3.05) is 34.5 Å². The molecule has 0 fully saturated rings. The normalized spacial score (nSPS) is 22.0. The molecular weight excluding hydrogens is 337 g/mol. The molecule has 0 saturated heterocycles. The van der Waals surface area contributed by atoms with E-state index in [2.05, 4.69) is 70.6 Å². The lowest BCUT2D eigenvalue weighted by Gasteiger charge is -2.30. The number of hydrogen-bond acceptors (Lipinski definition) is 6. The third-order valence-corrected chi connectivity index (χ3v) is 11.1.